The third-order valence-corrected chi connectivity index (χ3v) is 3.30. The van der Waals surface area contributed by atoms with E-state index in [1.807, 2.05) is 59.3 Å². The Bertz CT molecular complexity index is 811. The highest BCUT2D eigenvalue weighted by Gasteiger charge is 2.13. The third kappa shape index (κ3) is 2.94. The van der Waals surface area contributed by atoms with Crippen LogP contribution in [0.1, 0.15) is 11.3 Å². The van der Waals surface area contributed by atoms with E-state index in [4.69, 9.17) is 5.26 Å². The number of nitriles is 1. The van der Waals surface area contributed by atoms with Gasteiger partial charge < -0.3 is 0 Å². The van der Waals surface area contributed by atoms with Gasteiger partial charge in [-0.3, -0.25) is 0 Å². The quantitative estimate of drug-likeness (QED) is 0.689. The second kappa shape index (κ2) is 6.51. The smallest absolute Gasteiger partial charge is 0.114 e. The molecule has 0 amide bonds. The number of hydrogen-bond acceptors (Lipinski definition) is 3. The summed E-state index contributed by atoms with van der Waals surface area (Å²) in [5.41, 5.74) is 3.79. The van der Waals surface area contributed by atoms with Gasteiger partial charge in [0.15, 0.2) is 0 Å². The van der Waals surface area contributed by atoms with Crippen LogP contribution in [0.25, 0.3) is 17.3 Å². The van der Waals surface area contributed by atoms with Gasteiger partial charge in [0, 0.05) is 11.6 Å². The number of allylic oxidation sites excluding steroid dienone is 1. The summed E-state index contributed by atoms with van der Waals surface area (Å²) in [6.07, 6.45) is 3.11. The molecule has 0 atom stereocenters. The maximum atomic E-state index is 8.74. The minimum Gasteiger partial charge on any atom is -0.240 e. The van der Waals surface area contributed by atoms with Crippen LogP contribution in [-0.4, -0.2) is 15.0 Å². The molecule has 3 rings (SSSR count). The first kappa shape index (κ1) is 13.8. The van der Waals surface area contributed by atoms with E-state index in [1.54, 1.807) is 6.08 Å². The van der Waals surface area contributed by atoms with E-state index in [1.165, 1.54) is 6.08 Å². The maximum absolute atomic E-state index is 8.74. The molecular formula is C18H14N4. The second-order valence-electron chi connectivity index (χ2n) is 4.79. The van der Waals surface area contributed by atoms with Crippen LogP contribution in [0.4, 0.5) is 0 Å². The predicted octanol–water partition coefficient (Wildman–Crippen LogP) is 3.53. The van der Waals surface area contributed by atoms with Crippen molar-refractivity contribution in [1.82, 2.24) is 15.0 Å². The highest BCUT2D eigenvalue weighted by molar-refractivity contribution is 5.70. The first-order valence-corrected chi connectivity index (χ1v) is 6.97. The largest absolute Gasteiger partial charge is 0.240 e. The van der Waals surface area contributed by atoms with Crippen molar-refractivity contribution in [2.75, 3.05) is 0 Å². The SMILES string of the molecule is N#C/C=C/c1nnn(Cc2ccccc2)c1-c1ccccc1. The average molecular weight is 286 g/mol. The zero-order valence-corrected chi connectivity index (χ0v) is 11.9. The fourth-order valence-corrected chi connectivity index (χ4v) is 2.31. The van der Waals surface area contributed by atoms with E-state index in [-0.39, 0.29) is 0 Å². The molecule has 0 N–H and O–H groups in total. The Labute approximate surface area is 129 Å². The van der Waals surface area contributed by atoms with Gasteiger partial charge in [-0.05, 0) is 11.6 Å². The number of benzene rings is 2. The van der Waals surface area contributed by atoms with Gasteiger partial charge in [-0.15, -0.1) is 5.10 Å². The van der Waals surface area contributed by atoms with Crippen molar-refractivity contribution in [2.24, 2.45) is 0 Å². The van der Waals surface area contributed by atoms with Crippen molar-refractivity contribution in [2.45, 2.75) is 6.54 Å². The van der Waals surface area contributed by atoms with Crippen molar-refractivity contribution in [3.63, 3.8) is 0 Å². The van der Waals surface area contributed by atoms with Crippen LogP contribution in [0.15, 0.2) is 66.7 Å². The van der Waals surface area contributed by atoms with E-state index in [0.717, 1.165) is 16.8 Å². The molecule has 4 nitrogen and oxygen atoms in total. The summed E-state index contributed by atoms with van der Waals surface area (Å²) in [6, 6.07) is 22.1. The summed E-state index contributed by atoms with van der Waals surface area (Å²) in [6.45, 7) is 0.637. The Balaban J connectivity index is 2.05. The number of hydrogen-bond donors (Lipinski definition) is 0. The molecule has 3 aromatic rings. The Morgan fingerprint density at radius 2 is 1.68 bits per heavy atom. The van der Waals surface area contributed by atoms with Crippen molar-refractivity contribution >= 4 is 6.08 Å². The normalized spacial score (nSPS) is 10.7. The standard InChI is InChI=1S/C18H14N4/c19-13-7-12-17-18(16-10-5-2-6-11-16)22(21-20-17)14-15-8-3-1-4-9-15/h1-12H,14H2/b12-7+. The summed E-state index contributed by atoms with van der Waals surface area (Å²) in [7, 11) is 0. The van der Waals surface area contributed by atoms with Gasteiger partial charge >= 0.3 is 0 Å². The molecule has 0 spiro atoms. The van der Waals surface area contributed by atoms with Crippen molar-refractivity contribution in [1.29, 1.82) is 5.26 Å². The molecule has 0 bridgehead atoms. The van der Waals surface area contributed by atoms with Crippen molar-refractivity contribution in [3.05, 3.63) is 78.0 Å². The number of rotatable bonds is 4. The topological polar surface area (TPSA) is 54.5 Å². The molecule has 1 aromatic heterocycles. The molecule has 1 heterocycles. The van der Waals surface area contributed by atoms with Crippen LogP contribution in [0.3, 0.4) is 0 Å². The third-order valence-electron chi connectivity index (χ3n) is 3.30. The van der Waals surface area contributed by atoms with Gasteiger partial charge in [0.05, 0.1) is 18.3 Å². The summed E-state index contributed by atoms with van der Waals surface area (Å²) in [5, 5.41) is 17.2. The van der Waals surface area contributed by atoms with Crippen LogP contribution >= 0.6 is 0 Å². The molecule has 0 saturated heterocycles. The van der Waals surface area contributed by atoms with Gasteiger partial charge in [0.1, 0.15) is 5.69 Å². The van der Waals surface area contributed by atoms with Crippen LogP contribution in [0, 0.1) is 11.3 Å². The zero-order valence-electron chi connectivity index (χ0n) is 11.9. The van der Waals surface area contributed by atoms with Crippen LogP contribution in [-0.2, 0) is 6.54 Å². The van der Waals surface area contributed by atoms with Crippen LogP contribution in [0.5, 0.6) is 0 Å². The fraction of sp³-hybridized carbons (Fsp3) is 0.0556. The lowest BCUT2D eigenvalue weighted by molar-refractivity contribution is 0.655. The Hall–Kier alpha value is -3.19. The van der Waals surface area contributed by atoms with Crippen molar-refractivity contribution in [3.8, 4) is 17.3 Å². The minimum absolute atomic E-state index is 0.637. The summed E-state index contributed by atoms with van der Waals surface area (Å²) in [5.74, 6) is 0. The molecule has 22 heavy (non-hydrogen) atoms. The van der Waals surface area contributed by atoms with E-state index in [9.17, 15) is 0 Å². The highest BCUT2D eigenvalue weighted by atomic mass is 15.4. The van der Waals surface area contributed by atoms with E-state index in [0.29, 0.717) is 12.2 Å². The zero-order chi connectivity index (χ0) is 15.2. The number of aromatic nitrogens is 3. The van der Waals surface area contributed by atoms with Gasteiger partial charge in [-0.1, -0.05) is 65.9 Å². The average Bonchev–Trinajstić information content (AvgIpc) is 2.97. The first-order valence-electron chi connectivity index (χ1n) is 6.97. The van der Waals surface area contributed by atoms with Gasteiger partial charge in [0.2, 0.25) is 0 Å². The lowest BCUT2D eigenvalue weighted by Crippen LogP contribution is -2.04. The van der Waals surface area contributed by atoms with E-state index in [2.05, 4.69) is 22.4 Å². The summed E-state index contributed by atoms with van der Waals surface area (Å²) >= 11 is 0. The van der Waals surface area contributed by atoms with Crippen LogP contribution in [0.2, 0.25) is 0 Å². The van der Waals surface area contributed by atoms with E-state index < -0.39 is 0 Å². The predicted molar refractivity (Wildman–Crippen MR) is 85.6 cm³/mol. The molecule has 0 radical (unpaired) electrons. The molecule has 0 aliphatic carbocycles. The fourth-order valence-electron chi connectivity index (χ4n) is 2.31. The van der Waals surface area contributed by atoms with Gasteiger partial charge in [-0.25, -0.2) is 4.68 Å². The molecule has 0 saturated carbocycles. The lowest BCUT2D eigenvalue weighted by Gasteiger charge is -2.07. The van der Waals surface area contributed by atoms with Gasteiger partial charge in [-0.2, -0.15) is 5.26 Å². The molecule has 0 aliphatic heterocycles. The molecular weight excluding hydrogens is 272 g/mol. The van der Waals surface area contributed by atoms with Crippen molar-refractivity contribution < 1.29 is 0 Å². The highest BCUT2D eigenvalue weighted by Crippen LogP contribution is 2.23. The Morgan fingerprint density at radius 1 is 1.00 bits per heavy atom. The molecule has 106 valence electrons. The number of nitrogens with zero attached hydrogens (tertiary/aromatic N) is 4. The maximum Gasteiger partial charge on any atom is 0.114 e. The Morgan fingerprint density at radius 3 is 2.36 bits per heavy atom. The summed E-state index contributed by atoms with van der Waals surface area (Å²) < 4.78 is 1.86. The first-order chi connectivity index (χ1) is 10.9. The van der Waals surface area contributed by atoms with E-state index >= 15 is 0 Å². The molecule has 0 aliphatic rings. The summed E-state index contributed by atoms with van der Waals surface area (Å²) in [4.78, 5) is 0. The van der Waals surface area contributed by atoms with Gasteiger partial charge in [0.25, 0.3) is 0 Å². The Kier molecular flexibility index (Phi) is 4.08. The molecule has 0 unspecified atom stereocenters. The second-order valence-corrected chi connectivity index (χ2v) is 4.79. The lowest BCUT2D eigenvalue weighted by atomic mass is 10.1. The monoisotopic (exact) mass is 286 g/mol. The van der Waals surface area contributed by atoms with Crippen LogP contribution < -0.4 is 0 Å². The molecule has 2 aromatic carbocycles. The molecule has 0 fully saturated rings. The molecule has 4 heteroatoms. The minimum atomic E-state index is 0.637.